The summed E-state index contributed by atoms with van der Waals surface area (Å²) >= 11 is 0. The molecule has 0 spiro atoms. The Morgan fingerprint density at radius 2 is 1.78 bits per heavy atom. The van der Waals surface area contributed by atoms with E-state index in [0.717, 1.165) is 10.5 Å². The average Bonchev–Trinajstić information content (AvgIpc) is 3.25. The van der Waals surface area contributed by atoms with E-state index in [0.29, 0.717) is 19.3 Å². The molecule has 1 aromatic rings. The second-order valence-corrected chi connectivity index (χ2v) is 8.30. The second kappa shape index (κ2) is 11.6. The molecule has 1 saturated heterocycles. The van der Waals surface area contributed by atoms with Crippen molar-refractivity contribution in [2.24, 2.45) is 11.7 Å². The lowest BCUT2D eigenvalue weighted by Gasteiger charge is -2.29. The molecule has 6 N–H and O–H groups in total. The number of likely N-dealkylation sites (tertiary alicyclic amines) is 1. The summed E-state index contributed by atoms with van der Waals surface area (Å²) in [7, 11) is 0. The highest BCUT2D eigenvalue weighted by Crippen LogP contribution is 2.18. The minimum absolute atomic E-state index is 0.237. The van der Waals surface area contributed by atoms with Crippen molar-refractivity contribution in [1.82, 2.24) is 15.5 Å². The molecule has 0 unspecified atom stereocenters. The maximum atomic E-state index is 12.8. The molecule has 1 aliphatic rings. The summed E-state index contributed by atoms with van der Waals surface area (Å²) in [6.45, 7) is 2.99. The van der Waals surface area contributed by atoms with E-state index in [1.165, 1.54) is 0 Å². The lowest BCUT2D eigenvalue weighted by Crippen LogP contribution is -2.59. The van der Waals surface area contributed by atoms with Crippen molar-refractivity contribution < 1.29 is 29.4 Å². The highest BCUT2D eigenvalue weighted by atomic mass is 16.4. The van der Waals surface area contributed by atoms with Crippen molar-refractivity contribution in [1.29, 1.82) is 0 Å². The first-order chi connectivity index (χ1) is 15.1. The number of carbonyl (C=O) groups is 4. The van der Waals surface area contributed by atoms with Crippen LogP contribution in [0.25, 0.3) is 0 Å². The standard InChI is InChI=1S/C22H32N4O6/c1-13(2)18(25-19(28)15(23)11-14-7-4-3-5-8-14)20(29)24-16(12-27)21(30)26-10-6-9-17(26)22(31)32/h3-5,7-8,13,15-18,27H,6,9-12,23H2,1-2H3,(H,24,29)(H,25,28)(H,31,32)/t15-,16-,17-,18-/m0/s1. The van der Waals surface area contributed by atoms with E-state index in [1.807, 2.05) is 30.3 Å². The van der Waals surface area contributed by atoms with Gasteiger partial charge >= 0.3 is 5.97 Å². The molecule has 4 atom stereocenters. The number of nitrogens with one attached hydrogen (secondary N) is 2. The number of amides is 3. The average molecular weight is 449 g/mol. The minimum Gasteiger partial charge on any atom is -0.480 e. The van der Waals surface area contributed by atoms with Gasteiger partial charge in [0.2, 0.25) is 17.7 Å². The summed E-state index contributed by atoms with van der Waals surface area (Å²) in [4.78, 5) is 50.7. The topological polar surface area (TPSA) is 162 Å². The number of hydrogen-bond donors (Lipinski definition) is 5. The van der Waals surface area contributed by atoms with E-state index >= 15 is 0 Å². The summed E-state index contributed by atoms with van der Waals surface area (Å²) in [6.07, 6.45) is 1.14. The van der Waals surface area contributed by atoms with Crippen LogP contribution in [0.15, 0.2) is 30.3 Å². The Labute approximate surface area is 187 Å². The summed E-state index contributed by atoms with van der Waals surface area (Å²) < 4.78 is 0. The summed E-state index contributed by atoms with van der Waals surface area (Å²) in [6, 6.07) is 5.08. The van der Waals surface area contributed by atoms with Crippen LogP contribution in [-0.2, 0) is 25.6 Å². The summed E-state index contributed by atoms with van der Waals surface area (Å²) in [5.41, 5.74) is 6.88. The molecule has 1 aromatic carbocycles. The highest BCUT2D eigenvalue weighted by molar-refractivity contribution is 5.94. The van der Waals surface area contributed by atoms with E-state index in [-0.39, 0.29) is 12.5 Å². The number of nitrogens with two attached hydrogens (primary N) is 1. The Morgan fingerprint density at radius 3 is 2.34 bits per heavy atom. The fourth-order valence-electron chi connectivity index (χ4n) is 3.69. The normalized spacial score (nSPS) is 18.7. The van der Waals surface area contributed by atoms with E-state index < -0.39 is 54.5 Å². The second-order valence-electron chi connectivity index (χ2n) is 8.30. The number of aliphatic carboxylic acids is 1. The Kier molecular flexibility index (Phi) is 9.15. The number of aliphatic hydroxyl groups is 1. The Morgan fingerprint density at radius 1 is 1.12 bits per heavy atom. The molecular weight excluding hydrogens is 416 g/mol. The molecule has 10 heteroatoms. The van der Waals surface area contributed by atoms with Gasteiger partial charge in [-0.3, -0.25) is 14.4 Å². The van der Waals surface area contributed by atoms with Crippen molar-refractivity contribution in [3.8, 4) is 0 Å². The van der Waals surface area contributed by atoms with Gasteiger partial charge in [0, 0.05) is 6.54 Å². The van der Waals surface area contributed by atoms with Crippen LogP contribution in [-0.4, -0.2) is 76.1 Å². The van der Waals surface area contributed by atoms with Crippen LogP contribution in [0.1, 0.15) is 32.3 Å². The molecule has 32 heavy (non-hydrogen) atoms. The van der Waals surface area contributed by atoms with Gasteiger partial charge in [-0.1, -0.05) is 44.2 Å². The first kappa shape index (κ1) is 25.3. The number of nitrogens with zero attached hydrogens (tertiary/aromatic N) is 1. The number of carboxylic acids is 1. The predicted octanol–water partition coefficient (Wildman–Crippen LogP) is -0.750. The van der Waals surface area contributed by atoms with Crippen molar-refractivity contribution in [3.05, 3.63) is 35.9 Å². The first-order valence-corrected chi connectivity index (χ1v) is 10.7. The molecule has 176 valence electrons. The van der Waals surface area contributed by atoms with E-state index in [1.54, 1.807) is 13.8 Å². The van der Waals surface area contributed by atoms with Gasteiger partial charge in [-0.2, -0.15) is 0 Å². The predicted molar refractivity (Wildman–Crippen MR) is 116 cm³/mol. The fourth-order valence-corrected chi connectivity index (χ4v) is 3.69. The van der Waals surface area contributed by atoms with Crippen LogP contribution in [0.4, 0.5) is 0 Å². The molecule has 1 heterocycles. The van der Waals surface area contributed by atoms with E-state index in [2.05, 4.69) is 10.6 Å². The lowest BCUT2D eigenvalue weighted by atomic mass is 10.0. The number of rotatable bonds is 10. The van der Waals surface area contributed by atoms with E-state index in [9.17, 15) is 29.4 Å². The first-order valence-electron chi connectivity index (χ1n) is 10.7. The van der Waals surface area contributed by atoms with Gasteiger partial charge in [-0.25, -0.2) is 4.79 Å². The monoisotopic (exact) mass is 448 g/mol. The Balaban J connectivity index is 2.02. The molecule has 2 rings (SSSR count). The third kappa shape index (κ3) is 6.51. The van der Waals surface area contributed by atoms with Crippen LogP contribution in [0.3, 0.4) is 0 Å². The number of benzene rings is 1. The number of aliphatic hydroxyl groups excluding tert-OH is 1. The smallest absolute Gasteiger partial charge is 0.326 e. The third-order valence-corrected chi connectivity index (χ3v) is 5.50. The van der Waals surface area contributed by atoms with Crippen molar-refractivity contribution in [2.75, 3.05) is 13.2 Å². The maximum Gasteiger partial charge on any atom is 0.326 e. The zero-order valence-electron chi connectivity index (χ0n) is 18.4. The summed E-state index contributed by atoms with van der Waals surface area (Å²) in [5, 5.41) is 24.0. The molecule has 3 amide bonds. The fraction of sp³-hybridized carbons (Fsp3) is 0.545. The summed E-state index contributed by atoms with van der Waals surface area (Å²) in [5.74, 6) is -3.28. The quantitative estimate of drug-likeness (QED) is 0.314. The molecule has 10 nitrogen and oxygen atoms in total. The largest absolute Gasteiger partial charge is 0.480 e. The van der Waals surface area contributed by atoms with Crippen LogP contribution in [0, 0.1) is 5.92 Å². The van der Waals surface area contributed by atoms with Crippen LogP contribution < -0.4 is 16.4 Å². The molecule has 1 aliphatic heterocycles. The molecule has 0 aliphatic carbocycles. The van der Waals surface area contributed by atoms with Crippen molar-refractivity contribution in [2.45, 2.75) is 57.3 Å². The SMILES string of the molecule is CC(C)[C@H](NC(=O)[C@@H](N)Cc1ccccc1)C(=O)N[C@@H](CO)C(=O)N1CCC[C@H]1C(=O)O. The zero-order chi connectivity index (χ0) is 23.8. The van der Waals surface area contributed by atoms with Gasteiger partial charge < -0.3 is 31.5 Å². The van der Waals surface area contributed by atoms with Crippen molar-refractivity contribution in [3.63, 3.8) is 0 Å². The Hall–Kier alpha value is -2.98. The lowest BCUT2D eigenvalue weighted by molar-refractivity contribution is -0.150. The number of hydrogen-bond acceptors (Lipinski definition) is 6. The van der Waals surface area contributed by atoms with Crippen LogP contribution in [0.5, 0.6) is 0 Å². The molecule has 0 bridgehead atoms. The Bertz CT molecular complexity index is 816. The van der Waals surface area contributed by atoms with Gasteiger partial charge in [0.25, 0.3) is 0 Å². The van der Waals surface area contributed by atoms with Crippen LogP contribution in [0.2, 0.25) is 0 Å². The number of carbonyl (C=O) groups excluding carboxylic acids is 3. The van der Waals surface area contributed by atoms with Gasteiger partial charge in [0.15, 0.2) is 0 Å². The highest BCUT2D eigenvalue weighted by Gasteiger charge is 2.38. The maximum absolute atomic E-state index is 12.8. The minimum atomic E-state index is -1.31. The van der Waals surface area contributed by atoms with Gasteiger partial charge in [-0.05, 0) is 30.7 Å². The van der Waals surface area contributed by atoms with E-state index in [4.69, 9.17) is 5.73 Å². The van der Waals surface area contributed by atoms with Gasteiger partial charge in [0.05, 0.1) is 12.6 Å². The van der Waals surface area contributed by atoms with Crippen LogP contribution >= 0.6 is 0 Å². The molecule has 0 radical (unpaired) electrons. The van der Waals surface area contributed by atoms with Crippen molar-refractivity contribution >= 4 is 23.7 Å². The van der Waals surface area contributed by atoms with Gasteiger partial charge in [-0.15, -0.1) is 0 Å². The molecule has 1 fully saturated rings. The zero-order valence-corrected chi connectivity index (χ0v) is 18.4. The third-order valence-electron chi connectivity index (χ3n) is 5.50. The molecule has 0 aromatic heterocycles. The molecular formula is C22H32N4O6. The molecule has 0 saturated carbocycles. The van der Waals surface area contributed by atoms with Gasteiger partial charge in [0.1, 0.15) is 18.1 Å². The number of carboxylic acid groups (broad SMARTS) is 1.